The highest BCUT2D eigenvalue weighted by atomic mass is 35.5. The lowest BCUT2D eigenvalue weighted by atomic mass is 9.94. The fourth-order valence-corrected chi connectivity index (χ4v) is 2.59. The summed E-state index contributed by atoms with van der Waals surface area (Å²) in [5, 5.41) is 0. The molecule has 0 nitrogen and oxygen atoms in total. The van der Waals surface area contributed by atoms with Crippen LogP contribution in [0.5, 0.6) is 0 Å². The number of rotatable bonds is 6. The largest absolute Gasteiger partial charge is 0.126 e. The van der Waals surface area contributed by atoms with Gasteiger partial charge in [0.15, 0.2) is 0 Å². The average Bonchev–Trinajstić information content (AvgIpc) is 2.46. The molecule has 0 heterocycles. The summed E-state index contributed by atoms with van der Waals surface area (Å²) in [6.07, 6.45) is 3.49. The van der Waals surface area contributed by atoms with E-state index in [2.05, 4.69) is 60.7 Å². The number of halogens is 1. The van der Waals surface area contributed by atoms with Crippen LogP contribution in [0.4, 0.5) is 0 Å². The van der Waals surface area contributed by atoms with Gasteiger partial charge in [-0.1, -0.05) is 60.7 Å². The van der Waals surface area contributed by atoms with Crippen molar-refractivity contribution in [2.45, 2.75) is 25.2 Å². The Morgan fingerprint density at radius 1 is 0.833 bits per heavy atom. The summed E-state index contributed by atoms with van der Waals surface area (Å²) in [4.78, 5) is 0. The third kappa shape index (κ3) is 3.89. The van der Waals surface area contributed by atoms with Crippen LogP contribution >= 0.6 is 11.6 Å². The molecule has 1 unspecified atom stereocenters. The van der Waals surface area contributed by atoms with Gasteiger partial charge >= 0.3 is 0 Å². The monoisotopic (exact) mass is 258 g/mol. The number of aryl methyl sites for hydroxylation is 1. The highest BCUT2D eigenvalue weighted by Crippen LogP contribution is 2.23. The van der Waals surface area contributed by atoms with Crippen molar-refractivity contribution < 1.29 is 0 Å². The van der Waals surface area contributed by atoms with Crippen molar-refractivity contribution in [1.82, 2.24) is 0 Å². The standard InChI is InChI=1S/C17H19Cl/c18-14-17(16-11-5-2-6-12-16)13-7-10-15-8-3-1-4-9-15/h1-6,8-9,11-12,17H,7,10,13-14H2. The second-order valence-electron chi connectivity index (χ2n) is 4.64. The highest BCUT2D eigenvalue weighted by molar-refractivity contribution is 6.18. The van der Waals surface area contributed by atoms with Gasteiger partial charge in [0.05, 0.1) is 0 Å². The predicted molar refractivity (Wildman–Crippen MR) is 79.3 cm³/mol. The molecule has 0 aromatic heterocycles. The molecule has 0 radical (unpaired) electrons. The minimum atomic E-state index is 0.483. The average molecular weight is 259 g/mol. The Hall–Kier alpha value is -1.27. The van der Waals surface area contributed by atoms with Crippen LogP contribution in [0.2, 0.25) is 0 Å². The smallest absolute Gasteiger partial charge is 0.0292 e. The van der Waals surface area contributed by atoms with Crippen molar-refractivity contribution in [2.24, 2.45) is 0 Å². The molecular formula is C17H19Cl. The van der Waals surface area contributed by atoms with E-state index in [4.69, 9.17) is 11.6 Å². The highest BCUT2D eigenvalue weighted by Gasteiger charge is 2.09. The predicted octanol–water partition coefficient (Wildman–Crippen LogP) is 5.03. The molecule has 2 aromatic carbocycles. The third-order valence-corrected chi connectivity index (χ3v) is 3.69. The maximum atomic E-state index is 6.08. The van der Waals surface area contributed by atoms with Crippen LogP contribution in [0.1, 0.15) is 29.9 Å². The maximum Gasteiger partial charge on any atom is 0.0292 e. The van der Waals surface area contributed by atoms with Crippen molar-refractivity contribution in [2.75, 3.05) is 5.88 Å². The van der Waals surface area contributed by atoms with Crippen LogP contribution in [-0.2, 0) is 6.42 Å². The van der Waals surface area contributed by atoms with E-state index in [0.717, 1.165) is 12.8 Å². The molecule has 18 heavy (non-hydrogen) atoms. The van der Waals surface area contributed by atoms with Gasteiger partial charge in [-0.2, -0.15) is 0 Å². The second-order valence-corrected chi connectivity index (χ2v) is 4.95. The molecule has 2 rings (SSSR count). The zero-order valence-electron chi connectivity index (χ0n) is 10.6. The fraction of sp³-hybridized carbons (Fsp3) is 0.294. The lowest BCUT2D eigenvalue weighted by Gasteiger charge is -2.14. The number of alkyl halides is 1. The van der Waals surface area contributed by atoms with E-state index in [0.29, 0.717) is 11.8 Å². The molecule has 2 aromatic rings. The minimum absolute atomic E-state index is 0.483. The third-order valence-electron chi connectivity index (χ3n) is 3.32. The molecule has 1 heteroatoms. The topological polar surface area (TPSA) is 0 Å². The summed E-state index contributed by atoms with van der Waals surface area (Å²) in [6, 6.07) is 21.2. The van der Waals surface area contributed by atoms with E-state index in [1.165, 1.54) is 17.5 Å². The Morgan fingerprint density at radius 2 is 1.44 bits per heavy atom. The Morgan fingerprint density at radius 3 is 2.06 bits per heavy atom. The first-order valence-electron chi connectivity index (χ1n) is 6.55. The minimum Gasteiger partial charge on any atom is -0.126 e. The molecule has 0 bridgehead atoms. The normalized spacial score (nSPS) is 12.3. The Balaban J connectivity index is 1.85. The number of hydrogen-bond acceptors (Lipinski definition) is 0. The van der Waals surface area contributed by atoms with E-state index in [9.17, 15) is 0 Å². The Labute approximate surface area is 115 Å². The van der Waals surface area contributed by atoms with Gasteiger partial charge < -0.3 is 0 Å². The van der Waals surface area contributed by atoms with Crippen LogP contribution < -0.4 is 0 Å². The lowest BCUT2D eigenvalue weighted by Crippen LogP contribution is -2.01. The molecule has 94 valence electrons. The summed E-state index contributed by atoms with van der Waals surface area (Å²) in [6.45, 7) is 0. The summed E-state index contributed by atoms with van der Waals surface area (Å²) in [5.41, 5.74) is 2.78. The first kappa shape index (κ1) is 13.2. The first-order chi connectivity index (χ1) is 8.90. The van der Waals surface area contributed by atoms with Crippen LogP contribution in [-0.4, -0.2) is 5.88 Å². The van der Waals surface area contributed by atoms with E-state index in [-0.39, 0.29) is 0 Å². The molecule has 0 fully saturated rings. The lowest BCUT2D eigenvalue weighted by molar-refractivity contribution is 0.638. The van der Waals surface area contributed by atoms with Crippen LogP contribution in [0.25, 0.3) is 0 Å². The van der Waals surface area contributed by atoms with Crippen LogP contribution in [0.3, 0.4) is 0 Å². The molecule has 0 saturated heterocycles. The van der Waals surface area contributed by atoms with Gasteiger partial charge in [-0.05, 0) is 36.3 Å². The number of benzene rings is 2. The fourth-order valence-electron chi connectivity index (χ4n) is 2.26. The molecule has 0 aliphatic heterocycles. The van der Waals surface area contributed by atoms with Crippen molar-refractivity contribution in [3.63, 3.8) is 0 Å². The Kier molecular flexibility index (Phi) is 5.29. The second kappa shape index (κ2) is 7.23. The van der Waals surface area contributed by atoms with Crippen LogP contribution in [0, 0.1) is 0 Å². The summed E-state index contributed by atoms with van der Waals surface area (Å²) < 4.78 is 0. The van der Waals surface area contributed by atoms with Gasteiger partial charge in [-0.3, -0.25) is 0 Å². The maximum absolute atomic E-state index is 6.08. The molecule has 0 aliphatic rings. The summed E-state index contributed by atoms with van der Waals surface area (Å²) in [5.74, 6) is 1.19. The molecule has 0 N–H and O–H groups in total. The van der Waals surface area contributed by atoms with Gasteiger partial charge in [-0.15, -0.1) is 11.6 Å². The van der Waals surface area contributed by atoms with E-state index >= 15 is 0 Å². The zero-order chi connectivity index (χ0) is 12.6. The van der Waals surface area contributed by atoms with Gasteiger partial charge in [0.1, 0.15) is 0 Å². The summed E-state index contributed by atoms with van der Waals surface area (Å²) in [7, 11) is 0. The molecular weight excluding hydrogens is 240 g/mol. The van der Waals surface area contributed by atoms with Crippen molar-refractivity contribution in [3.8, 4) is 0 Å². The zero-order valence-corrected chi connectivity index (χ0v) is 11.3. The molecule has 1 atom stereocenters. The van der Waals surface area contributed by atoms with Crippen molar-refractivity contribution in [3.05, 3.63) is 71.8 Å². The molecule has 0 saturated carbocycles. The van der Waals surface area contributed by atoms with E-state index < -0.39 is 0 Å². The SMILES string of the molecule is ClCC(CCCc1ccccc1)c1ccccc1. The van der Waals surface area contributed by atoms with Gasteiger partial charge in [0, 0.05) is 5.88 Å². The van der Waals surface area contributed by atoms with Gasteiger partial charge in [0.2, 0.25) is 0 Å². The Bertz CT molecular complexity index is 436. The van der Waals surface area contributed by atoms with Gasteiger partial charge in [0.25, 0.3) is 0 Å². The van der Waals surface area contributed by atoms with Crippen molar-refractivity contribution in [1.29, 1.82) is 0 Å². The first-order valence-corrected chi connectivity index (χ1v) is 7.08. The number of hydrogen-bond donors (Lipinski definition) is 0. The summed E-state index contributed by atoms with van der Waals surface area (Å²) >= 11 is 6.08. The van der Waals surface area contributed by atoms with Crippen molar-refractivity contribution >= 4 is 11.6 Å². The van der Waals surface area contributed by atoms with Gasteiger partial charge in [-0.25, -0.2) is 0 Å². The molecule has 0 amide bonds. The van der Waals surface area contributed by atoms with E-state index in [1.807, 2.05) is 0 Å². The van der Waals surface area contributed by atoms with Crippen LogP contribution in [0.15, 0.2) is 60.7 Å². The van der Waals surface area contributed by atoms with E-state index in [1.54, 1.807) is 0 Å². The quantitative estimate of drug-likeness (QED) is 0.638. The molecule has 0 aliphatic carbocycles. The molecule has 0 spiro atoms.